The maximum Gasteiger partial charge on any atom is 0.199 e. The van der Waals surface area contributed by atoms with Crippen molar-refractivity contribution in [3.8, 4) is 0 Å². The number of rotatable bonds is 5. The molecule has 0 saturated heterocycles. The van der Waals surface area contributed by atoms with Gasteiger partial charge in [-0.05, 0) is 24.1 Å². The van der Waals surface area contributed by atoms with Gasteiger partial charge >= 0.3 is 0 Å². The zero-order valence-corrected chi connectivity index (χ0v) is 11.8. The molecule has 2 rings (SSSR count). The Bertz CT molecular complexity index is 664. The molecule has 2 N–H and O–H groups in total. The van der Waals surface area contributed by atoms with Crippen LogP contribution in [0.1, 0.15) is 5.56 Å². The molecule has 0 bridgehead atoms. The summed E-state index contributed by atoms with van der Waals surface area (Å²) in [6.45, 7) is 0. The summed E-state index contributed by atoms with van der Waals surface area (Å²) in [7, 11) is -3.41. The van der Waals surface area contributed by atoms with Gasteiger partial charge in [0.15, 0.2) is 9.84 Å². The topological polar surface area (TPSA) is 60.2 Å². The Morgan fingerprint density at radius 1 is 0.950 bits per heavy atom. The third kappa shape index (κ3) is 4.05. The fourth-order valence-electron chi connectivity index (χ4n) is 1.85. The Labute approximate surface area is 119 Å². The lowest BCUT2D eigenvalue weighted by Gasteiger charge is -2.06. The van der Waals surface area contributed by atoms with Crippen molar-refractivity contribution in [1.29, 1.82) is 0 Å². The van der Waals surface area contributed by atoms with E-state index in [9.17, 15) is 8.42 Å². The smallest absolute Gasteiger partial charge is 0.199 e. The Balaban J connectivity index is 2.06. The highest BCUT2D eigenvalue weighted by molar-refractivity contribution is 7.94. The van der Waals surface area contributed by atoms with E-state index in [4.69, 9.17) is 5.73 Å². The third-order valence-corrected chi connectivity index (χ3v) is 4.34. The molecule has 0 aromatic heterocycles. The van der Waals surface area contributed by atoms with E-state index in [1.165, 1.54) is 11.5 Å². The predicted octanol–water partition coefficient (Wildman–Crippen LogP) is 2.54. The van der Waals surface area contributed by atoms with E-state index in [1.807, 2.05) is 30.3 Å². The van der Waals surface area contributed by atoms with Gasteiger partial charge in [-0.2, -0.15) is 0 Å². The van der Waals surface area contributed by atoms with E-state index in [0.717, 1.165) is 5.56 Å². The van der Waals surface area contributed by atoms with Crippen molar-refractivity contribution in [3.63, 3.8) is 0 Å². The summed E-state index contributed by atoms with van der Waals surface area (Å²) in [5.41, 5.74) is 7.02. The molecule has 4 heteroatoms. The van der Waals surface area contributed by atoms with Crippen LogP contribution in [-0.2, 0) is 16.3 Å². The average molecular weight is 287 g/mol. The minimum Gasteiger partial charge on any atom is -0.324 e. The van der Waals surface area contributed by atoms with Gasteiger partial charge in [0.25, 0.3) is 0 Å². The lowest BCUT2D eigenvalue weighted by molar-refractivity contribution is 0.604. The van der Waals surface area contributed by atoms with Crippen molar-refractivity contribution in [2.24, 2.45) is 5.73 Å². The highest BCUT2D eigenvalue weighted by Gasteiger charge is 2.10. The molecule has 3 nitrogen and oxygen atoms in total. The van der Waals surface area contributed by atoms with E-state index >= 15 is 0 Å². The second-order valence-electron chi connectivity index (χ2n) is 4.54. The van der Waals surface area contributed by atoms with Crippen LogP contribution in [0.15, 0.2) is 77.0 Å². The van der Waals surface area contributed by atoms with Crippen LogP contribution in [0.5, 0.6) is 0 Å². The van der Waals surface area contributed by atoms with E-state index < -0.39 is 9.84 Å². The number of sulfone groups is 1. The van der Waals surface area contributed by atoms with Gasteiger partial charge in [0.05, 0.1) is 4.90 Å². The van der Waals surface area contributed by atoms with Crippen molar-refractivity contribution < 1.29 is 8.42 Å². The lowest BCUT2D eigenvalue weighted by atomic mass is 10.1. The zero-order chi connectivity index (χ0) is 14.4. The third-order valence-electron chi connectivity index (χ3n) is 2.89. The Kier molecular flexibility index (Phi) is 4.71. The van der Waals surface area contributed by atoms with Crippen molar-refractivity contribution in [2.75, 3.05) is 0 Å². The molecule has 0 aliphatic heterocycles. The first-order chi connectivity index (χ1) is 9.58. The van der Waals surface area contributed by atoms with Crippen LogP contribution in [0.3, 0.4) is 0 Å². The van der Waals surface area contributed by atoms with Crippen LogP contribution in [0.25, 0.3) is 0 Å². The Morgan fingerprint density at radius 3 is 2.10 bits per heavy atom. The van der Waals surface area contributed by atoms with E-state index in [-0.39, 0.29) is 10.9 Å². The normalized spacial score (nSPS) is 13.4. The zero-order valence-electron chi connectivity index (χ0n) is 11.0. The maximum atomic E-state index is 12.0. The summed E-state index contributed by atoms with van der Waals surface area (Å²) < 4.78 is 24.1. The summed E-state index contributed by atoms with van der Waals surface area (Å²) in [6, 6.07) is 17.8. The maximum absolute atomic E-state index is 12.0. The van der Waals surface area contributed by atoms with Gasteiger partial charge in [0.2, 0.25) is 0 Å². The standard InChI is InChI=1S/C16H17NO2S/c17-15(13-14-7-3-1-4-8-14)11-12-20(18,19)16-9-5-2-6-10-16/h1-12,15H,13,17H2/b12-11+/t15-/m1/s1. The quantitative estimate of drug-likeness (QED) is 0.919. The van der Waals surface area contributed by atoms with E-state index in [2.05, 4.69) is 0 Å². The molecule has 104 valence electrons. The van der Waals surface area contributed by atoms with Crippen LogP contribution < -0.4 is 5.73 Å². The minimum atomic E-state index is -3.41. The molecule has 1 atom stereocenters. The van der Waals surface area contributed by atoms with E-state index in [0.29, 0.717) is 6.42 Å². The van der Waals surface area contributed by atoms with Crippen LogP contribution in [0, 0.1) is 0 Å². The predicted molar refractivity (Wildman–Crippen MR) is 80.9 cm³/mol. The fourth-order valence-corrected chi connectivity index (χ4v) is 2.95. The molecule has 2 aromatic rings. The molecule has 20 heavy (non-hydrogen) atoms. The van der Waals surface area contributed by atoms with Gasteiger partial charge in [-0.1, -0.05) is 54.6 Å². The number of hydrogen-bond acceptors (Lipinski definition) is 3. The second kappa shape index (κ2) is 6.50. The monoisotopic (exact) mass is 287 g/mol. The van der Waals surface area contributed by atoms with Crippen molar-refractivity contribution in [2.45, 2.75) is 17.4 Å². The molecule has 0 fully saturated rings. The molecule has 0 unspecified atom stereocenters. The largest absolute Gasteiger partial charge is 0.324 e. The minimum absolute atomic E-state index is 0.281. The van der Waals surface area contributed by atoms with Gasteiger partial charge in [-0.3, -0.25) is 0 Å². The van der Waals surface area contributed by atoms with Gasteiger partial charge < -0.3 is 5.73 Å². The first-order valence-electron chi connectivity index (χ1n) is 6.36. The Hall–Kier alpha value is -1.91. The van der Waals surface area contributed by atoms with Crippen molar-refractivity contribution in [3.05, 3.63) is 77.7 Å². The summed E-state index contributed by atoms with van der Waals surface area (Å²) in [6.07, 6.45) is 2.15. The summed E-state index contributed by atoms with van der Waals surface area (Å²) in [5, 5.41) is 1.19. The molecule has 0 saturated carbocycles. The highest BCUT2D eigenvalue weighted by Crippen LogP contribution is 2.12. The first kappa shape index (κ1) is 14.5. The van der Waals surface area contributed by atoms with Gasteiger partial charge in [-0.25, -0.2) is 8.42 Å². The lowest BCUT2D eigenvalue weighted by Crippen LogP contribution is -2.20. The van der Waals surface area contributed by atoms with Crippen LogP contribution in [-0.4, -0.2) is 14.5 Å². The van der Waals surface area contributed by atoms with Crippen LogP contribution in [0.4, 0.5) is 0 Å². The fraction of sp³-hybridized carbons (Fsp3) is 0.125. The molecule has 0 aliphatic rings. The molecule has 2 aromatic carbocycles. The van der Waals surface area contributed by atoms with Crippen LogP contribution >= 0.6 is 0 Å². The van der Waals surface area contributed by atoms with E-state index in [1.54, 1.807) is 30.3 Å². The molecule has 0 aliphatic carbocycles. The molecule has 0 heterocycles. The molecular weight excluding hydrogens is 270 g/mol. The molecule has 0 spiro atoms. The van der Waals surface area contributed by atoms with Crippen molar-refractivity contribution in [1.82, 2.24) is 0 Å². The van der Waals surface area contributed by atoms with Crippen molar-refractivity contribution >= 4 is 9.84 Å². The number of benzene rings is 2. The Morgan fingerprint density at radius 2 is 1.50 bits per heavy atom. The second-order valence-corrected chi connectivity index (χ2v) is 6.37. The molecule has 0 radical (unpaired) electrons. The summed E-state index contributed by atoms with van der Waals surface area (Å²) >= 11 is 0. The number of nitrogens with two attached hydrogens (primary N) is 1. The number of hydrogen-bond donors (Lipinski definition) is 1. The van der Waals surface area contributed by atoms with Crippen LogP contribution in [0.2, 0.25) is 0 Å². The SMILES string of the molecule is N[C@H](/C=C/S(=O)(=O)c1ccccc1)Cc1ccccc1. The van der Waals surface area contributed by atoms with Gasteiger partial charge in [-0.15, -0.1) is 0 Å². The highest BCUT2D eigenvalue weighted by atomic mass is 32.2. The summed E-state index contributed by atoms with van der Waals surface area (Å²) in [5.74, 6) is 0. The van der Waals surface area contributed by atoms with Gasteiger partial charge in [0, 0.05) is 11.4 Å². The van der Waals surface area contributed by atoms with Gasteiger partial charge in [0.1, 0.15) is 0 Å². The molecule has 0 amide bonds. The summed E-state index contributed by atoms with van der Waals surface area (Å²) in [4.78, 5) is 0.281. The average Bonchev–Trinajstić information content (AvgIpc) is 2.47. The molecular formula is C16H17NO2S. The first-order valence-corrected chi connectivity index (χ1v) is 7.90.